The van der Waals surface area contributed by atoms with Crippen molar-refractivity contribution in [3.8, 4) is 0 Å². The number of furan rings is 1. The average molecular weight is 140 g/mol. The molecule has 0 aliphatic rings. The molecule has 0 saturated carbocycles. The Balaban J connectivity index is 2.50. The molecule has 0 radical (unpaired) electrons. The maximum absolute atomic E-state index is 5.71. The first-order chi connectivity index (χ1) is 4.84. The average Bonchev–Trinajstić information content (AvgIpc) is 2.38. The van der Waals surface area contributed by atoms with Crippen LogP contribution in [-0.2, 0) is 0 Å². The fourth-order valence-corrected chi connectivity index (χ4v) is 0.832. The molecule has 0 spiro atoms. The molecule has 0 aliphatic carbocycles. The minimum absolute atomic E-state index is 0.0312. The first-order valence-corrected chi connectivity index (χ1v) is 3.32. The van der Waals surface area contributed by atoms with Crippen molar-refractivity contribution in [2.75, 3.05) is 6.54 Å². The van der Waals surface area contributed by atoms with E-state index in [2.05, 4.69) is 0 Å². The van der Waals surface area contributed by atoms with Gasteiger partial charge in [-0.3, -0.25) is 0 Å². The predicted molar refractivity (Wildman–Crippen MR) is 39.3 cm³/mol. The van der Waals surface area contributed by atoms with E-state index in [0.717, 1.165) is 12.0 Å². The smallest absolute Gasteiger partial charge is 0.0950 e. The van der Waals surface area contributed by atoms with Gasteiger partial charge in [0.2, 0.25) is 0 Å². The summed E-state index contributed by atoms with van der Waals surface area (Å²) in [4.78, 5) is 0. The summed E-state index contributed by atoms with van der Waals surface area (Å²) < 4.78 is 4.86. The minimum Gasteiger partial charge on any atom is -0.472 e. The maximum atomic E-state index is 5.71. The number of hydrogen-bond donors (Lipinski definition) is 2. The quantitative estimate of drug-likeness (QED) is 0.647. The first kappa shape index (κ1) is 7.31. The molecule has 3 heteroatoms. The van der Waals surface area contributed by atoms with Crippen molar-refractivity contribution in [1.29, 1.82) is 0 Å². The van der Waals surface area contributed by atoms with Gasteiger partial charge < -0.3 is 15.9 Å². The summed E-state index contributed by atoms with van der Waals surface area (Å²) in [7, 11) is 0. The van der Waals surface area contributed by atoms with Crippen molar-refractivity contribution in [3.05, 3.63) is 24.2 Å². The van der Waals surface area contributed by atoms with E-state index in [0.29, 0.717) is 6.54 Å². The molecule has 0 saturated heterocycles. The summed E-state index contributed by atoms with van der Waals surface area (Å²) in [6, 6.07) is 1.89. The van der Waals surface area contributed by atoms with Gasteiger partial charge in [0.25, 0.3) is 0 Å². The van der Waals surface area contributed by atoms with Crippen LogP contribution in [0.25, 0.3) is 0 Å². The lowest BCUT2D eigenvalue weighted by atomic mass is 10.1. The monoisotopic (exact) mass is 140 g/mol. The van der Waals surface area contributed by atoms with Crippen LogP contribution < -0.4 is 11.5 Å². The summed E-state index contributed by atoms with van der Waals surface area (Å²) in [5, 5.41) is 0. The lowest BCUT2D eigenvalue weighted by molar-refractivity contribution is 0.555. The van der Waals surface area contributed by atoms with E-state index in [1.165, 1.54) is 0 Å². The molecule has 56 valence electrons. The Kier molecular flexibility index (Phi) is 2.48. The normalized spacial score (nSPS) is 13.4. The maximum Gasteiger partial charge on any atom is 0.0950 e. The third kappa shape index (κ3) is 1.59. The Morgan fingerprint density at radius 2 is 2.40 bits per heavy atom. The molecule has 1 rings (SSSR count). The zero-order valence-electron chi connectivity index (χ0n) is 5.79. The molecule has 0 amide bonds. The summed E-state index contributed by atoms with van der Waals surface area (Å²) in [6.07, 6.45) is 4.07. The highest BCUT2D eigenvalue weighted by Gasteiger charge is 2.04. The second kappa shape index (κ2) is 3.39. The van der Waals surface area contributed by atoms with Crippen LogP contribution in [0.1, 0.15) is 18.0 Å². The highest BCUT2D eigenvalue weighted by molar-refractivity contribution is 5.10. The van der Waals surface area contributed by atoms with Crippen molar-refractivity contribution in [2.24, 2.45) is 11.5 Å². The topological polar surface area (TPSA) is 65.2 Å². The van der Waals surface area contributed by atoms with E-state index in [1.54, 1.807) is 12.5 Å². The fourth-order valence-electron chi connectivity index (χ4n) is 0.832. The van der Waals surface area contributed by atoms with Crippen molar-refractivity contribution in [2.45, 2.75) is 12.5 Å². The van der Waals surface area contributed by atoms with E-state index in [4.69, 9.17) is 15.9 Å². The van der Waals surface area contributed by atoms with Crippen LogP contribution in [0.3, 0.4) is 0 Å². The molecule has 0 fully saturated rings. The molecule has 1 aromatic heterocycles. The highest BCUT2D eigenvalue weighted by Crippen LogP contribution is 2.12. The molecule has 0 bridgehead atoms. The summed E-state index contributed by atoms with van der Waals surface area (Å²) in [5.74, 6) is 0. The number of rotatable bonds is 3. The first-order valence-electron chi connectivity index (χ1n) is 3.32. The number of nitrogens with two attached hydrogens (primary N) is 2. The molecule has 0 unspecified atom stereocenters. The molecule has 0 aliphatic heterocycles. The Hall–Kier alpha value is -0.800. The third-order valence-corrected chi connectivity index (χ3v) is 1.45. The number of hydrogen-bond acceptors (Lipinski definition) is 3. The van der Waals surface area contributed by atoms with Gasteiger partial charge in [-0.05, 0) is 19.0 Å². The molecular formula is C7H12N2O. The van der Waals surface area contributed by atoms with E-state index in [-0.39, 0.29) is 6.04 Å². The second-order valence-corrected chi connectivity index (χ2v) is 2.24. The van der Waals surface area contributed by atoms with Gasteiger partial charge in [-0.2, -0.15) is 0 Å². The Morgan fingerprint density at radius 3 is 2.90 bits per heavy atom. The molecule has 0 aromatic carbocycles. The standard InChI is InChI=1S/C7H12N2O/c8-3-1-7(9)6-2-4-10-5-6/h2,4-5,7H,1,3,8-9H2/t7-/m0/s1. The van der Waals surface area contributed by atoms with E-state index >= 15 is 0 Å². The summed E-state index contributed by atoms with van der Waals surface area (Å²) in [6.45, 7) is 0.617. The van der Waals surface area contributed by atoms with Crippen molar-refractivity contribution in [3.63, 3.8) is 0 Å². The van der Waals surface area contributed by atoms with E-state index < -0.39 is 0 Å². The van der Waals surface area contributed by atoms with Crippen molar-refractivity contribution in [1.82, 2.24) is 0 Å². The van der Waals surface area contributed by atoms with Crippen LogP contribution in [0.2, 0.25) is 0 Å². The van der Waals surface area contributed by atoms with Crippen LogP contribution in [0, 0.1) is 0 Å². The molecule has 4 N–H and O–H groups in total. The summed E-state index contributed by atoms with van der Waals surface area (Å²) >= 11 is 0. The second-order valence-electron chi connectivity index (χ2n) is 2.24. The van der Waals surface area contributed by atoms with Crippen LogP contribution in [0.4, 0.5) is 0 Å². The Morgan fingerprint density at radius 1 is 1.60 bits per heavy atom. The predicted octanol–water partition coefficient (Wildman–Crippen LogP) is 0.628. The van der Waals surface area contributed by atoms with Crippen molar-refractivity contribution < 1.29 is 4.42 Å². The lowest BCUT2D eigenvalue weighted by Crippen LogP contribution is -2.14. The van der Waals surface area contributed by atoms with Crippen LogP contribution in [0.5, 0.6) is 0 Å². The Bertz CT molecular complexity index is 172. The molecular weight excluding hydrogens is 128 g/mol. The van der Waals surface area contributed by atoms with Crippen LogP contribution in [-0.4, -0.2) is 6.54 Å². The lowest BCUT2D eigenvalue weighted by Gasteiger charge is -2.05. The SMILES string of the molecule is NCC[C@H](N)c1ccoc1. The molecule has 1 heterocycles. The molecule has 10 heavy (non-hydrogen) atoms. The van der Waals surface area contributed by atoms with Crippen LogP contribution >= 0.6 is 0 Å². The van der Waals surface area contributed by atoms with Gasteiger partial charge >= 0.3 is 0 Å². The van der Waals surface area contributed by atoms with Gasteiger partial charge in [0.1, 0.15) is 0 Å². The fraction of sp³-hybridized carbons (Fsp3) is 0.429. The molecule has 1 atom stereocenters. The zero-order valence-corrected chi connectivity index (χ0v) is 5.79. The molecule has 1 aromatic rings. The van der Waals surface area contributed by atoms with Gasteiger partial charge in [0.05, 0.1) is 12.5 Å². The summed E-state index contributed by atoms with van der Waals surface area (Å²) in [5.41, 5.74) is 12.1. The Labute approximate surface area is 60.0 Å². The minimum atomic E-state index is 0.0312. The molecule has 3 nitrogen and oxygen atoms in total. The van der Waals surface area contributed by atoms with Crippen LogP contribution in [0.15, 0.2) is 23.0 Å². The zero-order chi connectivity index (χ0) is 7.40. The van der Waals surface area contributed by atoms with E-state index in [9.17, 15) is 0 Å². The van der Waals surface area contributed by atoms with Crippen molar-refractivity contribution >= 4 is 0 Å². The largest absolute Gasteiger partial charge is 0.472 e. The highest BCUT2D eigenvalue weighted by atomic mass is 16.3. The van der Waals surface area contributed by atoms with Gasteiger partial charge in [0, 0.05) is 11.6 Å². The van der Waals surface area contributed by atoms with Gasteiger partial charge in [-0.25, -0.2) is 0 Å². The van der Waals surface area contributed by atoms with Gasteiger partial charge in [0.15, 0.2) is 0 Å². The van der Waals surface area contributed by atoms with E-state index in [1.807, 2.05) is 6.07 Å². The van der Waals surface area contributed by atoms with Gasteiger partial charge in [-0.15, -0.1) is 0 Å². The van der Waals surface area contributed by atoms with Gasteiger partial charge in [-0.1, -0.05) is 0 Å². The third-order valence-electron chi connectivity index (χ3n) is 1.45.